The molecule has 1 aromatic heterocycles. The number of benzene rings is 1. The summed E-state index contributed by atoms with van der Waals surface area (Å²) in [7, 11) is 0. The zero-order valence-corrected chi connectivity index (χ0v) is 15.7. The number of aromatic nitrogens is 2. The molecule has 1 aliphatic heterocycles. The van der Waals surface area contributed by atoms with Crippen molar-refractivity contribution in [2.45, 2.75) is 6.42 Å². The number of carbonyl (C=O) groups is 1. The molecule has 2 aromatic rings. The van der Waals surface area contributed by atoms with Crippen LogP contribution in [0.3, 0.4) is 0 Å². The van der Waals surface area contributed by atoms with Crippen molar-refractivity contribution >= 4 is 35.6 Å². The van der Waals surface area contributed by atoms with Gasteiger partial charge in [-0.15, -0.1) is 12.4 Å². The number of halogens is 2. The third-order valence-corrected chi connectivity index (χ3v) is 4.59. The van der Waals surface area contributed by atoms with Crippen LogP contribution in [0, 0.1) is 0 Å². The molecule has 2 heterocycles. The molecule has 1 saturated heterocycles. The maximum absolute atomic E-state index is 12.6. The fourth-order valence-electron chi connectivity index (χ4n) is 2.88. The number of anilines is 1. The highest BCUT2D eigenvalue weighted by molar-refractivity contribution is 6.33. The van der Waals surface area contributed by atoms with Crippen molar-refractivity contribution in [3.05, 3.63) is 51.9 Å². The zero-order chi connectivity index (χ0) is 17.8. The predicted octanol–water partition coefficient (Wildman–Crippen LogP) is 1.31. The van der Waals surface area contributed by atoms with Crippen LogP contribution in [0.25, 0.3) is 5.69 Å². The standard InChI is InChI=1S/C17H20ClN5O2.ClH/c18-16-14(21-8-10-22(11-9-21)15(24)6-7-19)12-20-23(17(16)25)13-4-2-1-3-5-13;/h1-5,12H,6-11,19H2;1H. The van der Waals surface area contributed by atoms with E-state index in [-0.39, 0.29) is 28.9 Å². The van der Waals surface area contributed by atoms with Gasteiger partial charge in [0.15, 0.2) is 0 Å². The Balaban J connectivity index is 0.00000243. The minimum absolute atomic E-state index is 0. The van der Waals surface area contributed by atoms with Crippen molar-refractivity contribution in [3.63, 3.8) is 0 Å². The Kier molecular flexibility index (Phi) is 7.02. The zero-order valence-electron chi connectivity index (χ0n) is 14.2. The average molecular weight is 398 g/mol. The van der Waals surface area contributed by atoms with Gasteiger partial charge in [0.25, 0.3) is 5.56 Å². The second kappa shape index (κ2) is 9.02. The fourth-order valence-corrected chi connectivity index (χ4v) is 3.12. The molecule has 26 heavy (non-hydrogen) atoms. The molecule has 3 rings (SSSR count). The molecule has 1 aromatic carbocycles. The van der Waals surface area contributed by atoms with Crippen LogP contribution >= 0.6 is 24.0 Å². The number of hydrogen-bond acceptors (Lipinski definition) is 5. The van der Waals surface area contributed by atoms with Crippen LogP contribution in [-0.4, -0.2) is 53.3 Å². The van der Waals surface area contributed by atoms with Crippen LogP contribution in [0.4, 0.5) is 5.69 Å². The summed E-state index contributed by atoms with van der Waals surface area (Å²) in [6, 6.07) is 9.14. The maximum Gasteiger partial charge on any atom is 0.292 e. The summed E-state index contributed by atoms with van der Waals surface area (Å²) in [6.45, 7) is 2.72. The molecule has 1 amide bonds. The molecule has 0 saturated carbocycles. The SMILES string of the molecule is Cl.NCCC(=O)N1CCN(c2cnn(-c3ccccc3)c(=O)c2Cl)CC1. The number of nitrogens with zero attached hydrogens (tertiary/aromatic N) is 4. The lowest BCUT2D eigenvalue weighted by molar-refractivity contribution is -0.131. The number of carbonyl (C=O) groups excluding carboxylic acids is 1. The monoisotopic (exact) mass is 397 g/mol. The van der Waals surface area contributed by atoms with E-state index < -0.39 is 0 Å². The maximum atomic E-state index is 12.6. The summed E-state index contributed by atoms with van der Waals surface area (Å²) in [5.41, 5.74) is 6.34. The van der Waals surface area contributed by atoms with Crippen LogP contribution in [-0.2, 0) is 4.79 Å². The minimum atomic E-state index is -0.355. The van der Waals surface area contributed by atoms with E-state index in [0.29, 0.717) is 50.5 Å². The molecule has 2 N–H and O–H groups in total. The van der Waals surface area contributed by atoms with Gasteiger partial charge in [-0.3, -0.25) is 9.59 Å². The van der Waals surface area contributed by atoms with E-state index >= 15 is 0 Å². The highest BCUT2D eigenvalue weighted by Gasteiger charge is 2.23. The molecule has 0 spiro atoms. The van der Waals surface area contributed by atoms with E-state index in [1.54, 1.807) is 23.2 Å². The fraction of sp³-hybridized carbons (Fsp3) is 0.353. The van der Waals surface area contributed by atoms with E-state index in [1.807, 2.05) is 23.1 Å². The lowest BCUT2D eigenvalue weighted by atomic mass is 10.2. The molecule has 1 fully saturated rings. The van der Waals surface area contributed by atoms with Gasteiger partial charge < -0.3 is 15.5 Å². The quantitative estimate of drug-likeness (QED) is 0.840. The minimum Gasteiger partial charge on any atom is -0.365 e. The van der Waals surface area contributed by atoms with Gasteiger partial charge in [-0.2, -0.15) is 9.78 Å². The highest BCUT2D eigenvalue weighted by Crippen LogP contribution is 2.23. The topological polar surface area (TPSA) is 84.5 Å². The van der Waals surface area contributed by atoms with Gasteiger partial charge in [0.2, 0.25) is 5.91 Å². The Morgan fingerprint density at radius 3 is 2.42 bits per heavy atom. The lowest BCUT2D eigenvalue weighted by Crippen LogP contribution is -2.49. The van der Waals surface area contributed by atoms with Crippen LogP contribution in [0.1, 0.15) is 6.42 Å². The molecule has 0 bridgehead atoms. The Labute approximate surface area is 162 Å². The summed E-state index contributed by atoms with van der Waals surface area (Å²) in [4.78, 5) is 28.2. The van der Waals surface area contributed by atoms with Gasteiger partial charge >= 0.3 is 0 Å². The summed E-state index contributed by atoms with van der Waals surface area (Å²) in [5.74, 6) is 0.0610. The van der Waals surface area contributed by atoms with Gasteiger partial charge in [0.1, 0.15) is 5.02 Å². The van der Waals surface area contributed by atoms with Gasteiger partial charge in [-0.25, -0.2) is 0 Å². The molecule has 0 unspecified atom stereocenters. The molecule has 9 heteroatoms. The second-order valence-corrected chi connectivity index (χ2v) is 6.18. The molecule has 140 valence electrons. The Morgan fingerprint density at radius 2 is 1.81 bits per heavy atom. The Morgan fingerprint density at radius 1 is 1.15 bits per heavy atom. The normalized spacial score (nSPS) is 14.1. The van der Waals surface area contributed by atoms with Crippen LogP contribution in [0.15, 0.2) is 41.3 Å². The van der Waals surface area contributed by atoms with Gasteiger partial charge in [0, 0.05) is 39.1 Å². The van der Waals surface area contributed by atoms with Crippen LogP contribution in [0.2, 0.25) is 5.02 Å². The van der Waals surface area contributed by atoms with Crippen molar-refractivity contribution in [1.82, 2.24) is 14.7 Å². The van der Waals surface area contributed by atoms with Gasteiger partial charge in [-0.1, -0.05) is 29.8 Å². The molecule has 0 aliphatic carbocycles. The first-order valence-electron chi connectivity index (χ1n) is 8.18. The first-order valence-corrected chi connectivity index (χ1v) is 8.55. The van der Waals surface area contributed by atoms with E-state index in [0.717, 1.165) is 0 Å². The largest absolute Gasteiger partial charge is 0.365 e. The van der Waals surface area contributed by atoms with Gasteiger partial charge in [0.05, 0.1) is 17.6 Å². The average Bonchev–Trinajstić information content (AvgIpc) is 2.65. The van der Waals surface area contributed by atoms with E-state index in [1.165, 1.54) is 4.68 Å². The lowest BCUT2D eigenvalue weighted by Gasteiger charge is -2.36. The number of para-hydroxylation sites is 1. The number of amides is 1. The van der Waals surface area contributed by atoms with Crippen molar-refractivity contribution in [3.8, 4) is 5.69 Å². The summed E-state index contributed by atoms with van der Waals surface area (Å²) in [5, 5.41) is 4.39. The van der Waals surface area contributed by atoms with E-state index in [9.17, 15) is 9.59 Å². The molecule has 1 aliphatic rings. The summed E-state index contributed by atoms with van der Waals surface area (Å²) >= 11 is 6.32. The van der Waals surface area contributed by atoms with E-state index in [2.05, 4.69) is 5.10 Å². The van der Waals surface area contributed by atoms with Crippen LogP contribution < -0.4 is 16.2 Å². The highest BCUT2D eigenvalue weighted by atomic mass is 35.5. The Hall–Kier alpha value is -2.09. The Bertz CT molecular complexity index is 805. The predicted molar refractivity (Wildman–Crippen MR) is 105 cm³/mol. The number of hydrogen-bond donors (Lipinski definition) is 1. The van der Waals surface area contributed by atoms with Crippen molar-refractivity contribution < 1.29 is 4.79 Å². The molecule has 0 atom stereocenters. The van der Waals surface area contributed by atoms with Crippen molar-refractivity contribution in [2.75, 3.05) is 37.6 Å². The van der Waals surface area contributed by atoms with Crippen molar-refractivity contribution in [1.29, 1.82) is 0 Å². The second-order valence-electron chi connectivity index (χ2n) is 5.80. The smallest absolute Gasteiger partial charge is 0.292 e. The van der Waals surface area contributed by atoms with Gasteiger partial charge in [-0.05, 0) is 12.1 Å². The van der Waals surface area contributed by atoms with Crippen LogP contribution in [0.5, 0.6) is 0 Å². The first kappa shape index (κ1) is 20.2. The number of nitrogens with two attached hydrogens (primary N) is 1. The third kappa shape index (κ3) is 4.17. The van der Waals surface area contributed by atoms with Crippen molar-refractivity contribution in [2.24, 2.45) is 5.73 Å². The molecular weight excluding hydrogens is 377 g/mol. The number of piperazine rings is 1. The summed E-state index contributed by atoms with van der Waals surface area (Å²) in [6.07, 6.45) is 1.96. The molecule has 7 nitrogen and oxygen atoms in total. The number of rotatable bonds is 4. The summed E-state index contributed by atoms with van der Waals surface area (Å²) < 4.78 is 1.28. The molecule has 0 radical (unpaired) electrons. The first-order chi connectivity index (χ1) is 12.1. The third-order valence-electron chi connectivity index (χ3n) is 4.23. The van der Waals surface area contributed by atoms with E-state index in [4.69, 9.17) is 17.3 Å². The molecular formula is C17H21Cl2N5O2.